The third kappa shape index (κ3) is 4.88. The molecule has 1 aromatic rings. The van der Waals surface area contributed by atoms with Crippen molar-refractivity contribution in [1.29, 1.82) is 0 Å². The molecule has 1 aliphatic rings. The van der Waals surface area contributed by atoms with Crippen LogP contribution in [0.15, 0.2) is 18.2 Å². The lowest BCUT2D eigenvalue weighted by Gasteiger charge is -2.25. The molecule has 0 N–H and O–H groups in total. The smallest absolute Gasteiger partial charge is 0.246 e. The zero-order valence-electron chi connectivity index (χ0n) is 13.7. The van der Waals surface area contributed by atoms with Crippen LogP contribution >= 0.6 is 11.6 Å². The van der Waals surface area contributed by atoms with Crippen LogP contribution in [0.2, 0.25) is 5.02 Å². The number of rotatable bonds is 5. The van der Waals surface area contributed by atoms with Crippen molar-refractivity contribution < 1.29 is 19.0 Å². The Kier molecular flexibility index (Phi) is 6.30. The van der Waals surface area contributed by atoms with Crippen LogP contribution in [0, 0.1) is 0 Å². The summed E-state index contributed by atoms with van der Waals surface area (Å²) in [6, 6.07) is 3.55. The van der Waals surface area contributed by atoms with Crippen molar-refractivity contribution in [2.45, 2.75) is 20.0 Å². The predicted molar refractivity (Wildman–Crippen MR) is 90.2 cm³/mol. The lowest BCUT2D eigenvalue weighted by molar-refractivity contribution is -0.129. The normalized spacial score (nSPS) is 15.3. The van der Waals surface area contributed by atoms with Gasteiger partial charge in [0.2, 0.25) is 5.91 Å². The highest BCUT2D eigenvalue weighted by atomic mass is 35.5. The second-order valence-corrected chi connectivity index (χ2v) is 5.88. The molecule has 6 heteroatoms. The Labute approximate surface area is 141 Å². The van der Waals surface area contributed by atoms with Crippen molar-refractivity contribution in [3.05, 3.63) is 28.8 Å². The fourth-order valence-corrected chi connectivity index (χ4v) is 2.51. The number of carbonyl (C=O) groups is 1. The minimum absolute atomic E-state index is 0.00862. The Morgan fingerprint density at radius 1 is 1.35 bits per heavy atom. The van der Waals surface area contributed by atoms with Crippen molar-refractivity contribution in [2.75, 3.05) is 33.4 Å². The quantitative estimate of drug-likeness (QED) is 0.774. The molecule has 1 amide bonds. The van der Waals surface area contributed by atoms with Crippen LogP contribution in [0.5, 0.6) is 11.5 Å². The van der Waals surface area contributed by atoms with Gasteiger partial charge in [0, 0.05) is 19.2 Å². The zero-order valence-corrected chi connectivity index (χ0v) is 14.4. The molecule has 0 radical (unpaired) electrons. The van der Waals surface area contributed by atoms with E-state index in [4.69, 9.17) is 25.8 Å². The maximum absolute atomic E-state index is 12.1. The van der Waals surface area contributed by atoms with Crippen LogP contribution in [-0.2, 0) is 9.53 Å². The summed E-state index contributed by atoms with van der Waals surface area (Å²) >= 11 is 6.27. The molecule has 0 bridgehead atoms. The van der Waals surface area contributed by atoms with Crippen molar-refractivity contribution in [1.82, 2.24) is 4.90 Å². The molecule has 126 valence electrons. The molecule has 0 unspecified atom stereocenters. The minimum atomic E-state index is -0.0362. The molecule has 0 spiro atoms. The van der Waals surface area contributed by atoms with Crippen LogP contribution in [-0.4, -0.2) is 50.3 Å². The number of nitrogens with zero attached hydrogens (tertiary/aromatic N) is 1. The van der Waals surface area contributed by atoms with Crippen LogP contribution < -0.4 is 9.47 Å². The van der Waals surface area contributed by atoms with Gasteiger partial charge in [-0.15, -0.1) is 0 Å². The third-order valence-electron chi connectivity index (χ3n) is 3.35. The number of hydrogen-bond donors (Lipinski definition) is 0. The van der Waals surface area contributed by atoms with E-state index in [0.717, 1.165) is 5.56 Å². The number of halogens is 1. The van der Waals surface area contributed by atoms with Crippen molar-refractivity contribution in [3.63, 3.8) is 0 Å². The van der Waals surface area contributed by atoms with E-state index in [-0.39, 0.29) is 12.0 Å². The fourth-order valence-electron chi connectivity index (χ4n) is 2.24. The molecule has 0 aromatic heterocycles. The molecule has 5 nitrogen and oxygen atoms in total. The van der Waals surface area contributed by atoms with Gasteiger partial charge in [0.15, 0.2) is 11.5 Å². The Hall–Kier alpha value is -1.72. The number of hydrogen-bond acceptors (Lipinski definition) is 4. The summed E-state index contributed by atoms with van der Waals surface area (Å²) in [6.07, 6.45) is 3.26. The summed E-state index contributed by atoms with van der Waals surface area (Å²) in [4.78, 5) is 13.9. The number of ether oxygens (including phenoxy) is 3. The average molecular weight is 340 g/mol. The molecule has 0 aliphatic carbocycles. The Balaban J connectivity index is 2.14. The highest BCUT2D eigenvalue weighted by Crippen LogP contribution is 2.37. The van der Waals surface area contributed by atoms with Crippen LogP contribution in [0.1, 0.15) is 19.4 Å². The monoisotopic (exact) mass is 339 g/mol. The van der Waals surface area contributed by atoms with E-state index in [2.05, 4.69) is 0 Å². The minimum Gasteiger partial charge on any atom is -0.493 e. The molecule has 1 heterocycles. The largest absolute Gasteiger partial charge is 0.493 e. The Morgan fingerprint density at radius 2 is 2.04 bits per heavy atom. The maximum atomic E-state index is 12.1. The van der Waals surface area contributed by atoms with Crippen LogP contribution in [0.4, 0.5) is 0 Å². The number of methoxy groups -OCH3 is 1. The van der Waals surface area contributed by atoms with E-state index in [1.165, 1.54) is 0 Å². The van der Waals surface area contributed by atoms with E-state index < -0.39 is 0 Å². The summed E-state index contributed by atoms with van der Waals surface area (Å²) < 4.78 is 16.2. The molecule has 2 rings (SSSR count). The number of amides is 1. The van der Waals surface area contributed by atoms with Gasteiger partial charge in [-0.3, -0.25) is 4.79 Å². The first-order valence-corrected chi connectivity index (χ1v) is 7.98. The number of carbonyl (C=O) groups excluding carboxylic acids is 1. The standard InChI is InChI=1S/C17H22ClNO4/c1-12(2)23-17-14(18)10-13(11-15(17)21-3)4-5-16(20)19-6-8-22-9-7-19/h4-5,10-12H,6-9H2,1-3H3/b5-4+. The summed E-state index contributed by atoms with van der Waals surface area (Å²) in [5.74, 6) is 1.02. The molecule has 1 fully saturated rings. The fraction of sp³-hybridized carbons (Fsp3) is 0.471. The SMILES string of the molecule is COc1cc(/C=C/C(=O)N2CCOCC2)cc(Cl)c1OC(C)C. The summed E-state index contributed by atoms with van der Waals surface area (Å²) in [7, 11) is 1.56. The van der Waals surface area contributed by atoms with Gasteiger partial charge < -0.3 is 19.1 Å². The Bertz CT molecular complexity index is 580. The lowest BCUT2D eigenvalue weighted by atomic mass is 10.1. The second kappa shape index (κ2) is 8.22. The molecule has 1 aliphatic heterocycles. The molecule has 23 heavy (non-hydrogen) atoms. The van der Waals surface area contributed by atoms with Gasteiger partial charge in [0.1, 0.15) is 0 Å². The predicted octanol–water partition coefficient (Wildman–Crippen LogP) is 3.01. The Morgan fingerprint density at radius 3 is 2.65 bits per heavy atom. The lowest BCUT2D eigenvalue weighted by Crippen LogP contribution is -2.39. The van der Waals surface area contributed by atoms with Gasteiger partial charge in [-0.25, -0.2) is 0 Å². The first-order chi connectivity index (χ1) is 11.0. The third-order valence-corrected chi connectivity index (χ3v) is 3.63. The second-order valence-electron chi connectivity index (χ2n) is 5.47. The zero-order chi connectivity index (χ0) is 16.8. The highest BCUT2D eigenvalue weighted by Gasteiger charge is 2.15. The van der Waals surface area contributed by atoms with Crippen molar-refractivity contribution >= 4 is 23.6 Å². The van der Waals surface area contributed by atoms with Crippen molar-refractivity contribution in [2.24, 2.45) is 0 Å². The molecule has 1 aromatic carbocycles. The number of morpholine rings is 1. The van der Waals surface area contributed by atoms with Gasteiger partial charge in [-0.1, -0.05) is 11.6 Å². The van der Waals surface area contributed by atoms with Gasteiger partial charge >= 0.3 is 0 Å². The van der Waals surface area contributed by atoms with Gasteiger partial charge in [0.25, 0.3) is 0 Å². The van der Waals surface area contributed by atoms with Crippen molar-refractivity contribution in [3.8, 4) is 11.5 Å². The summed E-state index contributed by atoms with van der Waals surface area (Å²) in [5.41, 5.74) is 0.782. The van der Waals surface area contributed by atoms with E-state index in [9.17, 15) is 4.79 Å². The topological polar surface area (TPSA) is 48.0 Å². The molecule has 0 saturated carbocycles. The first kappa shape index (κ1) is 17.6. The van der Waals surface area contributed by atoms with E-state index >= 15 is 0 Å². The summed E-state index contributed by atoms with van der Waals surface area (Å²) in [5, 5.41) is 0.455. The highest BCUT2D eigenvalue weighted by molar-refractivity contribution is 6.32. The van der Waals surface area contributed by atoms with Gasteiger partial charge in [-0.05, 0) is 37.6 Å². The molecular weight excluding hydrogens is 318 g/mol. The number of benzene rings is 1. The van der Waals surface area contributed by atoms with Crippen LogP contribution in [0.25, 0.3) is 6.08 Å². The maximum Gasteiger partial charge on any atom is 0.246 e. The van der Waals surface area contributed by atoms with Gasteiger partial charge in [0.05, 0.1) is 31.5 Å². The summed E-state index contributed by atoms with van der Waals surface area (Å²) in [6.45, 7) is 6.25. The molecule has 0 atom stereocenters. The van der Waals surface area contributed by atoms with E-state index in [1.54, 1.807) is 36.3 Å². The van der Waals surface area contributed by atoms with Gasteiger partial charge in [-0.2, -0.15) is 0 Å². The molecular formula is C17H22ClNO4. The average Bonchev–Trinajstić information content (AvgIpc) is 2.55. The van der Waals surface area contributed by atoms with Crippen LogP contribution in [0.3, 0.4) is 0 Å². The first-order valence-electron chi connectivity index (χ1n) is 7.60. The van der Waals surface area contributed by atoms with E-state index in [0.29, 0.717) is 42.8 Å². The van der Waals surface area contributed by atoms with E-state index in [1.807, 2.05) is 13.8 Å². The molecule has 1 saturated heterocycles.